The molecule has 29 heavy (non-hydrogen) atoms. The maximum absolute atomic E-state index is 13.7. The van der Waals surface area contributed by atoms with Gasteiger partial charge in [-0.05, 0) is 36.0 Å². The van der Waals surface area contributed by atoms with Gasteiger partial charge in [-0.3, -0.25) is 19.3 Å². The number of para-hydroxylation sites is 1. The van der Waals surface area contributed by atoms with Gasteiger partial charge in [0.05, 0.1) is 17.7 Å². The molecule has 0 atom stereocenters. The Balaban J connectivity index is 1.74. The van der Waals surface area contributed by atoms with Crippen LogP contribution >= 0.6 is 11.8 Å². The minimum Gasteiger partial charge on any atom is -0.496 e. The molecule has 6 nitrogen and oxygen atoms in total. The Bertz CT molecular complexity index is 1040. The molecule has 0 radical (unpaired) electrons. The van der Waals surface area contributed by atoms with Gasteiger partial charge in [0, 0.05) is 5.56 Å². The molecule has 0 saturated carbocycles. The van der Waals surface area contributed by atoms with Crippen LogP contribution in [-0.4, -0.2) is 35.6 Å². The van der Waals surface area contributed by atoms with Crippen LogP contribution in [0.2, 0.25) is 0 Å². The van der Waals surface area contributed by atoms with Crippen molar-refractivity contribution in [3.05, 3.63) is 64.3 Å². The Morgan fingerprint density at radius 3 is 2.59 bits per heavy atom. The van der Waals surface area contributed by atoms with Gasteiger partial charge in [-0.2, -0.15) is 0 Å². The molecule has 1 heterocycles. The predicted octanol–water partition coefficient (Wildman–Crippen LogP) is 3.79. The smallest absolute Gasteiger partial charge is 0.294 e. The largest absolute Gasteiger partial charge is 0.496 e. The first-order chi connectivity index (χ1) is 13.8. The van der Waals surface area contributed by atoms with Crippen molar-refractivity contribution in [2.24, 2.45) is 0 Å². The van der Waals surface area contributed by atoms with Gasteiger partial charge in [0.2, 0.25) is 5.91 Å². The van der Waals surface area contributed by atoms with E-state index in [1.807, 2.05) is 5.32 Å². The molecule has 2 aromatic carbocycles. The summed E-state index contributed by atoms with van der Waals surface area (Å²) in [6.07, 6.45) is 1.46. The second-order valence-electron chi connectivity index (χ2n) is 5.78. The number of hydrogen-bond donors (Lipinski definition) is 1. The number of methoxy groups -OCH3 is 1. The molecular formula is C19H13F3N2O4S. The van der Waals surface area contributed by atoms with Gasteiger partial charge >= 0.3 is 0 Å². The lowest BCUT2D eigenvalue weighted by molar-refractivity contribution is -0.127. The number of nitrogens with zero attached hydrogens (tertiary/aromatic N) is 1. The summed E-state index contributed by atoms with van der Waals surface area (Å²) in [6.45, 7) is -0.716. The van der Waals surface area contributed by atoms with Crippen molar-refractivity contribution in [2.75, 3.05) is 19.0 Å². The first-order valence-electron chi connectivity index (χ1n) is 8.13. The molecule has 150 valence electrons. The number of hydrogen-bond acceptors (Lipinski definition) is 5. The van der Waals surface area contributed by atoms with E-state index >= 15 is 0 Å². The monoisotopic (exact) mass is 422 g/mol. The van der Waals surface area contributed by atoms with Crippen LogP contribution in [0.4, 0.5) is 23.7 Å². The summed E-state index contributed by atoms with van der Waals surface area (Å²) in [5.74, 6) is -5.90. The van der Waals surface area contributed by atoms with Crippen LogP contribution in [-0.2, 0) is 9.59 Å². The lowest BCUT2D eigenvalue weighted by Crippen LogP contribution is -2.36. The van der Waals surface area contributed by atoms with E-state index < -0.39 is 46.7 Å². The van der Waals surface area contributed by atoms with Gasteiger partial charge in [0.15, 0.2) is 17.5 Å². The van der Waals surface area contributed by atoms with Crippen molar-refractivity contribution < 1.29 is 32.3 Å². The Morgan fingerprint density at radius 1 is 1.14 bits per heavy atom. The number of halogens is 3. The van der Waals surface area contributed by atoms with Crippen molar-refractivity contribution in [3.63, 3.8) is 0 Å². The normalized spacial score (nSPS) is 15.2. The summed E-state index contributed by atoms with van der Waals surface area (Å²) >= 11 is 0.631. The highest BCUT2D eigenvalue weighted by Crippen LogP contribution is 2.33. The van der Waals surface area contributed by atoms with E-state index in [-0.39, 0.29) is 4.91 Å². The zero-order chi connectivity index (χ0) is 21.1. The molecule has 1 fully saturated rings. The van der Waals surface area contributed by atoms with Crippen LogP contribution < -0.4 is 10.1 Å². The van der Waals surface area contributed by atoms with Crippen LogP contribution in [0.1, 0.15) is 5.56 Å². The molecular weight excluding hydrogens is 409 g/mol. The zero-order valence-corrected chi connectivity index (χ0v) is 15.7. The van der Waals surface area contributed by atoms with Crippen molar-refractivity contribution in [1.29, 1.82) is 0 Å². The lowest BCUT2D eigenvalue weighted by atomic mass is 10.2. The Kier molecular flexibility index (Phi) is 5.92. The summed E-state index contributed by atoms with van der Waals surface area (Å²) < 4.78 is 45.1. The molecule has 1 N–H and O–H groups in total. The minimum atomic E-state index is -1.74. The third-order valence-corrected chi connectivity index (χ3v) is 4.82. The van der Waals surface area contributed by atoms with Crippen molar-refractivity contribution in [2.45, 2.75) is 0 Å². The number of carbonyl (C=O) groups is 3. The SMILES string of the molecule is COc1ccccc1/C=C1\SC(=O)N(CC(=O)Nc2ccc(F)c(F)c2F)C1=O. The highest BCUT2D eigenvalue weighted by atomic mass is 32.2. The van der Waals surface area contributed by atoms with E-state index in [9.17, 15) is 27.6 Å². The molecule has 0 aromatic heterocycles. The average Bonchev–Trinajstić information content (AvgIpc) is 2.96. The summed E-state index contributed by atoms with van der Waals surface area (Å²) in [4.78, 5) is 37.4. The highest BCUT2D eigenvalue weighted by molar-refractivity contribution is 8.18. The highest BCUT2D eigenvalue weighted by Gasteiger charge is 2.36. The number of amides is 3. The molecule has 3 rings (SSSR count). The Labute approximate surface area is 167 Å². The molecule has 3 amide bonds. The maximum atomic E-state index is 13.7. The van der Waals surface area contributed by atoms with Gasteiger partial charge in [0.1, 0.15) is 12.3 Å². The zero-order valence-electron chi connectivity index (χ0n) is 14.9. The molecule has 0 bridgehead atoms. The molecule has 1 aliphatic heterocycles. The predicted molar refractivity (Wildman–Crippen MR) is 101 cm³/mol. The quantitative estimate of drug-likeness (QED) is 0.586. The number of nitrogens with one attached hydrogen (secondary N) is 1. The number of rotatable bonds is 5. The molecule has 2 aromatic rings. The van der Waals surface area contributed by atoms with E-state index in [1.54, 1.807) is 24.3 Å². The van der Waals surface area contributed by atoms with E-state index in [2.05, 4.69) is 0 Å². The number of thioether (sulfide) groups is 1. The van der Waals surface area contributed by atoms with Crippen molar-refractivity contribution in [3.8, 4) is 5.75 Å². The number of benzene rings is 2. The number of ether oxygens (including phenoxy) is 1. The Morgan fingerprint density at radius 2 is 1.86 bits per heavy atom. The van der Waals surface area contributed by atoms with Gasteiger partial charge in [-0.25, -0.2) is 13.2 Å². The maximum Gasteiger partial charge on any atom is 0.294 e. The fourth-order valence-corrected chi connectivity index (χ4v) is 3.35. The van der Waals surface area contributed by atoms with Crippen molar-refractivity contribution in [1.82, 2.24) is 4.90 Å². The van der Waals surface area contributed by atoms with Crippen molar-refractivity contribution >= 4 is 40.6 Å². The molecule has 0 aliphatic carbocycles. The molecule has 0 unspecified atom stereocenters. The number of anilines is 1. The second kappa shape index (κ2) is 8.39. The average molecular weight is 422 g/mol. The van der Waals surface area contributed by atoms with Gasteiger partial charge in [-0.15, -0.1) is 0 Å². The third kappa shape index (κ3) is 4.27. The summed E-state index contributed by atoms with van der Waals surface area (Å²) in [7, 11) is 1.46. The Hall–Kier alpha value is -3.27. The molecule has 1 saturated heterocycles. The summed E-state index contributed by atoms with van der Waals surface area (Å²) in [6, 6.07) is 8.31. The molecule has 10 heteroatoms. The van der Waals surface area contributed by atoms with Crippen LogP contribution in [0.5, 0.6) is 5.75 Å². The summed E-state index contributed by atoms with van der Waals surface area (Å²) in [5, 5.41) is 1.32. The fourth-order valence-electron chi connectivity index (χ4n) is 2.52. The molecule has 0 spiro atoms. The van der Waals surface area contributed by atoms with Crippen LogP contribution in [0.25, 0.3) is 6.08 Å². The van der Waals surface area contributed by atoms with Gasteiger partial charge < -0.3 is 10.1 Å². The van der Waals surface area contributed by atoms with E-state index in [0.29, 0.717) is 34.0 Å². The number of imide groups is 1. The first kappa shape index (κ1) is 20.5. The summed E-state index contributed by atoms with van der Waals surface area (Å²) in [5.41, 5.74) is -0.0424. The minimum absolute atomic E-state index is 0.0753. The van der Waals surface area contributed by atoms with E-state index in [4.69, 9.17) is 4.74 Å². The van der Waals surface area contributed by atoms with Crippen LogP contribution in [0.3, 0.4) is 0 Å². The standard InChI is InChI=1S/C19H13F3N2O4S/c1-28-13-5-3-2-4-10(13)8-14-18(26)24(19(27)29-14)9-15(25)23-12-7-6-11(20)16(21)17(12)22/h2-8H,9H2,1H3,(H,23,25)/b14-8-. The first-order valence-corrected chi connectivity index (χ1v) is 8.95. The third-order valence-electron chi connectivity index (χ3n) is 3.91. The van der Waals surface area contributed by atoms with Crippen LogP contribution in [0.15, 0.2) is 41.3 Å². The number of carbonyl (C=O) groups excluding carboxylic acids is 3. The fraction of sp³-hybridized carbons (Fsp3) is 0.105. The van der Waals surface area contributed by atoms with E-state index in [0.717, 1.165) is 6.07 Å². The topological polar surface area (TPSA) is 75.7 Å². The van der Waals surface area contributed by atoms with Gasteiger partial charge in [0.25, 0.3) is 11.1 Å². The second-order valence-corrected chi connectivity index (χ2v) is 6.77. The van der Waals surface area contributed by atoms with Gasteiger partial charge in [-0.1, -0.05) is 18.2 Å². The molecule has 1 aliphatic rings. The lowest BCUT2D eigenvalue weighted by Gasteiger charge is -2.13. The van der Waals surface area contributed by atoms with E-state index in [1.165, 1.54) is 13.2 Å². The van der Waals surface area contributed by atoms with Crippen LogP contribution in [0, 0.1) is 17.5 Å².